The van der Waals surface area contributed by atoms with Crippen molar-refractivity contribution in [3.05, 3.63) is 56.8 Å². The third kappa shape index (κ3) is 4.74. The van der Waals surface area contributed by atoms with Gasteiger partial charge in [-0.2, -0.15) is 0 Å². The maximum absolute atomic E-state index is 12.2. The van der Waals surface area contributed by atoms with Crippen LogP contribution in [-0.4, -0.2) is 18.5 Å². The molecule has 0 bridgehead atoms. The molecular weight excluding hydrogens is 357 g/mol. The molecule has 0 atom stereocenters. The van der Waals surface area contributed by atoms with Crippen molar-refractivity contribution in [3.8, 4) is 5.75 Å². The van der Waals surface area contributed by atoms with Gasteiger partial charge in [0, 0.05) is 22.3 Å². The Bertz CT molecular complexity index is 758. The monoisotopic (exact) mass is 365 g/mol. The summed E-state index contributed by atoms with van der Waals surface area (Å²) in [6.07, 6.45) is 1.28. The molecule has 0 fully saturated rings. The predicted molar refractivity (Wildman–Crippen MR) is 83.7 cm³/mol. The van der Waals surface area contributed by atoms with Crippen molar-refractivity contribution < 1.29 is 13.5 Å². The van der Waals surface area contributed by atoms with Crippen molar-refractivity contribution in [1.82, 2.24) is 4.98 Å². The van der Waals surface area contributed by atoms with E-state index in [1.807, 2.05) is 0 Å². The second-order valence-electron chi connectivity index (χ2n) is 4.43. The number of benzene rings is 1. The molecule has 2 aromatic rings. The Morgan fingerprint density at radius 3 is 2.14 bits per heavy atom. The second kappa shape index (κ2) is 6.40. The van der Waals surface area contributed by atoms with Crippen LogP contribution in [0.4, 0.5) is 0 Å². The average Bonchev–Trinajstić information content (AvgIpc) is 2.30. The van der Waals surface area contributed by atoms with Crippen LogP contribution >= 0.6 is 34.8 Å². The second-order valence-corrected chi connectivity index (χ2v) is 7.80. The first kappa shape index (κ1) is 16.4. The number of aromatic nitrogens is 1. The molecule has 0 unspecified atom stereocenters. The van der Waals surface area contributed by atoms with Gasteiger partial charge in [-0.15, -0.1) is 0 Å². The predicted octanol–water partition coefficient (Wildman–Crippen LogP) is 3.86. The van der Waals surface area contributed by atoms with Gasteiger partial charge in [0.05, 0.1) is 22.2 Å². The summed E-state index contributed by atoms with van der Waals surface area (Å²) in [5, 5.41) is 10.6. The maximum atomic E-state index is 12.2. The van der Waals surface area contributed by atoms with Crippen LogP contribution in [0.1, 0.15) is 11.3 Å². The van der Waals surface area contributed by atoms with Gasteiger partial charge in [0.2, 0.25) is 0 Å². The Morgan fingerprint density at radius 2 is 1.57 bits per heavy atom. The molecule has 0 aliphatic rings. The average molecular weight is 367 g/mol. The van der Waals surface area contributed by atoms with Crippen LogP contribution in [0.15, 0.2) is 30.5 Å². The first-order valence-electron chi connectivity index (χ1n) is 5.74. The number of pyridine rings is 1. The molecule has 21 heavy (non-hydrogen) atoms. The highest BCUT2D eigenvalue weighted by Gasteiger charge is 2.17. The Balaban J connectivity index is 2.22. The number of sulfone groups is 1. The number of hydrogen-bond donors (Lipinski definition) is 1. The van der Waals surface area contributed by atoms with E-state index >= 15 is 0 Å². The van der Waals surface area contributed by atoms with E-state index < -0.39 is 15.6 Å². The van der Waals surface area contributed by atoms with E-state index in [2.05, 4.69) is 4.98 Å². The number of rotatable bonds is 4. The Morgan fingerprint density at radius 1 is 0.952 bits per heavy atom. The highest BCUT2D eigenvalue weighted by molar-refractivity contribution is 7.89. The lowest BCUT2D eigenvalue weighted by Crippen LogP contribution is -2.09. The van der Waals surface area contributed by atoms with Gasteiger partial charge < -0.3 is 5.11 Å². The topological polar surface area (TPSA) is 67.3 Å². The third-order valence-electron chi connectivity index (χ3n) is 2.58. The van der Waals surface area contributed by atoms with E-state index in [-0.39, 0.29) is 22.2 Å². The van der Waals surface area contributed by atoms with E-state index in [0.29, 0.717) is 15.6 Å². The Kier molecular flexibility index (Phi) is 4.99. The van der Waals surface area contributed by atoms with Crippen LogP contribution in [0.3, 0.4) is 0 Å². The standard InChI is InChI=1S/C13H10Cl3NO3S/c14-9-1-8(2-10(15)3-9)6-21(19,20)7-12-13(18)4-11(16)5-17-12/h1-5,18H,6-7H2. The van der Waals surface area contributed by atoms with Crippen LogP contribution in [0.2, 0.25) is 15.1 Å². The fourth-order valence-electron chi connectivity index (χ4n) is 1.78. The number of halogens is 3. The molecule has 1 heterocycles. The number of nitrogens with zero attached hydrogens (tertiary/aromatic N) is 1. The zero-order valence-electron chi connectivity index (χ0n) is 10.6. The van der Waals surface area contributed by atoms with Gasteiger partial charge in [0.1, 0.15) is 5.75 Å². The molecular formula is C13H10Cl3NO3S. The van der Waals surface area contributed by atoms with E-state index in [9.17, 15) is 13.5 Å². The Hall–Kier alpha value is -1.01. The molecule has 0 aliphatic heterocycles. The van der Waals surface area contributed by atoms with Crippen molar-refractivity contribution in [2.45, 2.75) is 11.5 Å². The van der Waals surface area contributed by atoms with Gasteiger partial charge in [0.15, 0.2) is 9.84 Å². The molecule has 0 radical (unpaired) electrons. The van der Waals surface area contributed by atoms with Crippen molar-refractivity contribution in [2.75, 3.05) is 0 Å². The first-order chi connectivity index (χ1) is 9.75. The minimum atomic E-state index is -3.54. The van der Waals surface area contributed by atoms with Crippen LogP contribution in [0, 0.1) is 0 Å². The molecule has 0 saturated heterocycles. The van der Waals surface area contributed by atoms with Gasteiger partial charge in [-0.05, 0) is 23.8 Å². The SMILES string of the molecule is O=S(=O)(Cc1cc(Cl)cc(Cl)c1)Cc1ncc(Cl)cc1O. The lowest BCUT2D eigenvalue weighted by molar-refractivity contribution is 0.466. The summed E-state index contributed by atoms with van der Waals surface area (Å²) in [5.41, 5.74) is 0.522. The summed E-state index contributed by atoms with van der Waals surface area (Å²) in [4.78, 5) is 3.83. The fraction of sp³-hybridized carbons (Fsp3) is 0.154. The molecule has 0 aliphatic carbocycles. The molecule has 112 valence electrons. The van der Waals surface area contributed by atoms with Gasteiger partial charge in [-0.25, -0.2) is 8.42 Å². The molecule has 4 nitrogen and oxygen atoms in total. The largest absolute Gasteiger partial charge is 0.506 e. The molecule has 1 N–H and O–H groups in total. The number of aromatic hydroxyl groups is 1. The summed E-state index contributed by atoms with van der Waals surface area (Å²) in [6.45, 7) is 0. The molecule has 2 rings (SSSR count). The van der Waals surface area contributed by atoms with Crippen LogP contribution in [-0.2, 0) is 21.3 Å². The van der Waals surface area contributed by atoms with Crippen molar-refractivity contribution >= 4 is 44.6 Å². The zero-order valence-corrected chi connectivity index (χ0v) is 13.6. The van der Waals surface area contributed by atoms with E-state index in [4.69, 9.17) is 34.8 Å². The summed E-state index contributed by atoms with van der Waals surface area (Å²) < 4.78 is 24.3. The van der Waals surface area contributed by atoms with Crippen LogP contribution in [0.5, 0.6) is 5.75 Å². The van der Waals surface area contributed by atoms with Crippen molar-refractivity contribution in [1.29, 1.82) is 0 Å². The number of hydrogen-bond acceptors (Lipinski definition) is 4. The Labute approximate surface area is 137 Å². The maximum Gasteiger partial charge on any atom is 0.160 e. The molecule has 0 spiro atoms. The molecule has 0 saturated carbocycles. The summed E-state index contributed by atoms with van der Waals surface area (Å²) >= 11 is 17.3. The third-order valence-corrected chi connectivity index (χ3v) is 4.71. The quantitative estimate of drug-likeness (QED) is 0.892. The molecule has 1 aromatic carbocycles. The van der Waals surface area contributed by atoms with E-state index in [1.54, 1.807) is 0 Å². The highest BCUT2D eigenvalue weighted by Crippen LogP contribution is 2.24. The zero-order chi connectivity index (χ0) is 15.6. The minimum absolute atomic E-state index is 0.0486. The van der Waals surface area contributed by atoms with E-state index in [1.165, 1.54) is 30.5 Å². The lowest BCUT2D eigenvalue weighted by atomic mass is 10.2. The summed E-state index contributed by atoms with van der Waals surface area (Å²) in [7, 11) is -3.54. The molecule has 1 aromatic heterocycles. The smallest absolute Gasteiger partial charge is 0.160 e. The van der Waals surface area contributed by atoms with Gasteiger partial charge in [0.25, 0.3) is 0 Å². The summed E-state index contributed by atoms with van der Waals surface area (Å²) in [5.74, 6) is -0.910. The fourth-order valence-corrected chi connectivity index (χ4v) is 3.91. The van der Waals surface area contributed by atoms with Crippen molar-refractivity contribution in [3.63, 3.8) is 0 Å². The highest BCUT2D eigenvalue weighted by atomic mass is 35.5. The molecule has 0 amide bonds. The lowest BCUT2D eigenvalue weighted by Gasteiger charge is -2.07. The van der Waals surface area contributed by atoms with Crippen LogP contribution in [0.25, 0.3) is 0 Å². The van der Waals surface area contributed by atoms with Crippen LogP contribution < -0.4 is 0 Å². The van der Waals surface area contributed by atoms with Crippen molar-refractivity contribution in [2.24, 2.45) is 0 Å². The summed E-state index contributed by atoms with van der Waals surface area (Å²) in [6, 6.07) is 5.82. The van der Waals surface area contributed by atoms with Gasteiger partial charge in [-0.3, -0.25) is 4.98 Å². The van der Waals surface area contributed by atoms with Gasteiger partial charge in [-0.1, -0.05) is 34.8 Å². The first-order valence-corrected chi connectivity index (χ1v) is 8.69. The normalized spacial score (nSPS) is 11.6. The molecule has 8 heteroatoms. The van der Waals surface area contributed by atoms with Gasteiger partial charge >= 0.3 is 0 Å². The van der Waals surface area contributed by atoms with E-state index in [0.717, 1.165) is 0 Å². The minimum Gasteiger partial charge on any atom is -0.506 e.